The zero-order chi connectivity index (χ0) is 19.2. The Labute approximate surface area is 144 Å². The minimum atomic E-state index is -4.56. The molecule has 1 aromatic carbocycles. The number of aromatic nitrogens is 1. The number of halogens is 5. The first-order valence-corrected chi connectivity index (χ1v) is 7.40. The summed E-state index contributed by atoms with van der Waals surface area (Å²) in [6.07, 6.45) is -4.23. The fraction of sp³-hybridized carbons (Fsp3) is 0.167. The molecule has 3 rings (SSSR count). The topological polar surface area (TPSA) is 47.0 Å². The summed E-state index contributed by atoms with van der Waals surface area (Å²) in [5.74, 6) is -3.76. The Morgan fingerprint density at radius 1 is 0.923 bits per heavy atom. The fourth-order valence-corrected chi connectivity index (χ4v) is 2.73. The van der Waals surface area contributed by atoms with Gasteiger partial charge in [0.1, 0.15) is 11.6 Å². The number of pyridine rings is 1. The molecule has 0 saturated heterocycles. The number of fused-ring (bicyclic) bond motifs is 1. The molecule has 0 radical (unpaired) electrons. The van der Waals surface area contributed by atoms with E-state index < -0.39 is 46.1 Å². The van der Waals surface area contributed by atoms with Gasteiger partial charge in [0.15, 0.2) is 11.6 Å². The van der Waals surface area contributed by atoms with Gasteiger partial charge in [0.05, 0.1) is 16.7 Å². The largest absolute Gasteiger partial charge is 0.417 e. The standard InChI is InChI=1S/C18H10F5NO2/c1-8-11(6-10-3-2-9(7-24-10)18(21,22)23)17(26)15-13(20)5-4-12(19)14(15)16(8)25/h2-5,7H,6H2,1H3. The van der Waals surface area contributed by atoms with Crippen molar-refractivity contribution < 1.29 is 31.5 Å². The van der Waals surface area contributed by atoms with Crippen LogP contribution in [-0.2, 0) is 12.6 Å². The highest BCUT2D eigenvalue weighted by Crippen LogP contribution is 2.32. The highest BCUT2D eigenvalue weighted by Gasteiger charge is 2.35. The van der Waals surface area contributed by atoms with Gasteiger partial charge in [0.2, 0.25) is 0 Å². The van der Waals surface area contributed by atoms with Gasteiger partial charge in [0, 0.05) is 29.5 Å². The lowest BCUT2D eigenvalue weighted by atomic mass is 9.82. The molecule has 1 aliphatic carbocycles. The van der Waals surface area contributed by atoms with Crippen LogP contribution in [0.4, 0.5) is 22.0 Å². The molecule has 0 spiro atoms. The monoisotopic (exact) mass is 367 g/mol. The molecule has 1 heterocycles. The van der Waals surface area contributed by atoms with Gasteiger partial charge in [-0.05, 0) is 31.2 Å². The Balaban J connectivity index is 2.01. The van der Waals surface area contributed by atoms with Gasteiger partial charge in [-0.3, -0.25) is 14.6 Å². The molecule has 0 fully saturated rings. The Bertz CT molecular complexity index is 959. The number of carbonyl (C=O) groups is 2. The Morgan fingerprint density at radius 3 is 2.00 bits per heavy atom. The van der Waals surface area contributed by atoms with Gasteiger partial charge >= 0.3 is 6.18 Å². The van der Waals surface area contributed by atoms with E-state index in [2.05, 4.69) is 4.98 Å². The fourth-order valence-electron chi connectivity index (χ4n) is 2.73. The van der Waals surface area contributed by atoms with E-state index in [9.17, 15) is 31.5 Å². The van der Waals surface area contributed by atoms with Crippen molar-refractivity contribution in [3.8, 4) is 0 Å². The van der Waals surface area contributed by atoms with Crippen molar-refractivity contribution in [1.29, 1.82) is 0 Å². The molecular formula is C18H10F5NO2. The Morgan fingerprint density at radius 2 is 1.50 bits per heavy atom. The van der Waals surface area contributed by atoms with Gasteiger partial charge in [-0.15, -0.1) is 0 Å². The molecule has 2 aromatic rings. The minimum absolute atomic E-state index is 0.0892. The number of hydrogen-bond acceptors (Lipinski definition) is 3. The van der Waals surface area contributed by atoms with Crippen LogP contribution in [0.15, 0.2) is 41.6 Å². The zero-order valence-corrected chi connectivity index (χ0v) is 13.2. The number of hydrogen-bond donors (Lipinski definition) is 0. The van der Waals surface area contributed by atoms with E-state index in [-0.39, 0.29) is 23.3 Å². The lowest BCUT2D eigenvalue weighted by Gasteiger charge is -2.20. The smallest absolute Gasteiger partial charge is 0.289 e. The first-order chi connectivity index (χ1) is 12.1. The van der Waals surface area contributed by atoms with E-state index >= 15 is 0 Å². The SMILES string of the molecule is CC1=C(Cc2ccc(C(F)(F)F)cn2)C(=O)c2c(F)ccc(F)c2C1=O. The molecule has 26 heavy (non-hydrogen) atoms. The first kappa shape index (κ1) is 17.9. The molecule has 1 aliphatic rings. The van der Waals surface area contributed by atoms with Gasteiger partial charge in [0.25, 0.3) is 0 Å². The van der Waals surface area contributed by atoms with Gasteiger partial charge in [-0.2, -0.15) is 13.2 Å². The van der Waals surface area contributed by atoms with Crippen LogP contribution < -0.4 is 0 Å². The van der Waals surface area contributed by atoms with E-state index in [4.69, 9.17) is 0 Å². The quantitative estimate of drug-likeness (QED) is 0.743. The lowest BCUT2D eigenvalue weighted by Crippen LogP contribution is -2.25. The van der Waals surface area contributed by atoms with Crippen molar-refractivity contribution in [2.45, 2.75) is 19.5 Å². The summed E-state index contributed by atoms with van der Waals surface area (Å²) in [6, 6.07) is 3.36. The average Bonchev–Trinajstić information content (AvgIpc) is 2.58. The van der Waals surface area contributed by atoms with Gasteiger partial charge in [-0.25, -0.2) is 8.78 Å². The highest BCUT2D eigenvalue weighted by atomic mass is 19.4. The molecular weight excluding hydrogens is 357 g/mol. The summed E-state index contributed by atoms with van der Waals surface area (Å²) < 4.78 is 65.6. The maximum absolute atomic E-state index is 14.0. The second-order valence-electron chi connectivity index (χ2n) is 5.75. The van der Waals surface area contributed by atoms with Crippen LogP contribution in [0.5, 0.6) is 0 Å². The van der Waals surface area contributed by atoms with Crippen LogP contribution in [0.3, 0.4) is 0 Å². The van der Waals surface area contributed by atoms with Crippen molar-refractivity contribution in [2.24, 2.45) is 0 Å². The number of nitrogens with zero attached hydrogens (tertiary/aromatic N) is 1. The number of alkyl halides is 3. The van der Waals surface area contributed by atoms with Crippen LogP contribution in [0, 0.1) is 11.6 Å². The third kappa shape index (κ3) is 2.91. The average molecular weight is 367 g/mol. The van der Waals surface area contributed by atoms with E-state index in [0.717, 1.165) is 24.3 Å². The van der Waals surface area contributed by atoms with Crippen LogP contribution in [0.2, 0.25) is 0 Å². The molecule has 1 aromatic heterocycles. The summed E-state index contributed by atoms with van der Waals surface area (Å²) in [6.45, 7) is 1.28. The van der Waals surface area contributed by atoms with Crippen molar-refractivity contribution in [3.05, 3.63) is 75.6 Å². The van der Waals surface area contributed by atoms with E-state index in [1.807, 2.05) is 0 Å². The Hall–Kier alpha value is -2.90. The third-order valence-corrected chi connectivity index (χ3v) is 4.14. The molecule has 0 aliphatic heterocycles. The van der Waals surface area contributed by atoms with Crippen molar-refractivity contribution in [1.82, 2.24) is 4.98 Å². The van der Waals surface area contributed by atoms with Crippen LogP contribution in [0.1, 0.15) is 38.9 Å². The summed E-state index contributed by atoms with van der Waals surface area (Å²) in [5.41, 5.74) is -2.38. The highest BCUT2D eigenvalue weighted by molar-refractivity contribution is 6.27. The molecule has 0 saturated carbocycles. The molecule has 3 nitrogen and oxygen atoms in total. The van der Waals surface area contributed by atoms with E-state index in [1.165, 1.54) is 6.92 Å². The first-order valence-electron chi connectivity index (χ1n) is 7.40. The van der Waals surface area contributed by atoms with Crippen molar-refractivity contribution >= 4 is 11.6 Å². The van der Waals surface area contributed by atoms with Crippen LogP contribution in [-0.4, -0.2) is 16.6 Å². The molecule has 0 amide bonds. The van der Waals surface area contributed by atoms with Crippen molar-refractivity contribution in [3.63, 3.8) is 0 Å². The second-order valence-corrected chi connectivity index (χ2v) is 5.75. The zero-order valence-electron chi connectivity index (χ0n) is 13.2. The third-order valence-electron chi connectivity index (χ3n) is 4.14. The maximum atomic E-state index is 14.0. The summed E-state index contributed by atoms with van der Waals surface area (Å²) in [5, 5.41) is 0. The maximum Gasteiger partial charge on any atom is 0.417 e. The summed E-state index contributed by atoms with van der Waals surface area (Å²) in [4.78, 5) is 28.5. The van der Waals surface area contributed by atoms with E-state index in [1.54, 1.807) is 0 Å². The molecule has 0 bridgehead atoms. The van der Waals surface area contributed by atoms with Gasteiger partial charge < -0.3 is 0 Å². The number of Topliss-reactive ketones (excluding diaryl/α,β-unsaturated/α-hetero) is 2. The number of rotatable bonds is 2. The number of carbonyl (C=O) groups excluding carboxylic acids is 2. The van der Waals surface area contributed by atoms with Crippen LogP contribution >= 0.6 is 0 Å². The normalized spacial score (nSPS) is 14.7. The molecule has 0 atom stereocenters. The molecule has 0 N–H and O–H groups in total. The van der Waals surface area contributed by atoms with Crippen molar-refractivity contribution in [2.75, 3.05) is 0 Å². The number of benzene rings is 1. The molecule has 8 heteroatoms. The number of ketones is 2. The number of allylic oxidation sites excluding steroid dienone is 2. The molecule has 0 unspecified atom stereocenters. The van der Waals surface area contributed by atoms with Crippen LogP contribution in [0.25, 0.3) is 0 Å². The lowest BCUT2D eigenvalue weighted by molar-refractivity contribution is -0.137. The Kier molecular flexibility index (Phi) is 4.21. The second kappa shape index (κ2) is 6.12. The minimum Gasteiger partial charge on any atom is -0.289 e. The van der Waals surface area contributed by atoms with Gasteiger partial charge in [-0.1, -0.05) is 0 Å². The predicted octanol–water partition coefficient (Wildman–Crippen LogP) is 4.32. The predicted molar refractivity (Wildman–Crippen MR) is 80.7 cm³/mol. The van der Waals surface area contributed by atoms with E-state index in [0.29, 0.717) is 6.20 Å². The summed E-state index contributed by atoms with van der Waals surface area (Å²) in [7, 11) is 0. The molecule has 134 valence electrons. The summed E-state index contributed by atoms with van der Waals surface area (Å²) >= 11 is 0.